The van der Waals surface area contributed by atoms with Crippen molar-refractivity contribution >= 4 is 11.8 Å². The molecule has 74 valence electrons. The molecule has 0 saturated carbocycles. The van der Waals surface area contributed by atoms with Crippen LogP contribution in [0.4, 0.5) is 0 Å². The highest BCUT2D eigenvalue weighted by molar-refractivity contribution is 5.88. The molecule has 0 radical (unpaired) electrons. The van der Waals surface area contributed by atoms with E-state index in [0.29, 0.717) is 6.54 Å². The quantitative estimate of drug-likeness (QED) is 0.461. The first-order valence-electron chi connectivity index (χ1n) is 4.32. The Balaban J connectivity index is 2.63. The first-order valence-corrected chi connectivity index (χ1v) is 4.32. The molecule has 1 aliphatic rings. The van der Waals surface area contributed by atoms with Gasteiger partial charge in [0.2, 0.25) is 5.91 Å². The van der Waals surface area contributed by atoms with Crippen molar-refractivity contribution in [2.24, 2.45) is 5.92 Å². The van der Waals surface area contributed by atoms with Crippen molar-refractivity contribution in [3.63, 3.8) is 0 Å². The highest BCUT2D eigenvalue weighted by Crippen LogP contribution is 2.19. The van der Waals surface area contributed by atoms with E-state index in [1.165, 1.54) is 4.90 Å². The van der Waals surface area contributed by atoms with E-state index in [-0.39, 0.29) is 11.8 Å². The molecule has 1 aliphatic heterocycles. The van der Waals surface area contributed by atoms with Crippen molar-refractivity contribution in [1.29, 1.82) is 0 Å². The highest BCUT2D eigenvalue weighted by Gasteiger charge is 2.33. The monoisotopic (exact) mass is 186 g/mol. The topological polar surface area (TPSA) is 69.6 Å². The molecule has 5 nitrogen and oxygen atoms in total. The number of hydroxylamine groups is 1. The minimum atomic E-state index is -0.581. The molecule has 1 fully saturated rings. The minimum Gasteiger partial charge on any atom is -0.331 e. The molecule has 0 aromatic carbocycles. The summed E-state index contributed by atoms with van der Waals surface area (Å²) in [5.41, 5.74) is 1.54. The predicted octanol–water partition coefficient (Wildman–Crippen LogP) is -0.251. The second-order valence-corrected chi connectivity index (χ2v) is 3.37. The predicted molar refractivity (Wildman–Crippen MR) is 44.9 cm³/mol. The molecule has 0 aromatic rings. The molecule has 0 aromatic heterocycles. The van der Waals surface area contributed by atoms with Gasteiger partial charge >= 0.3 is 0 Å². The fourth-order valence-electron chi connectivity index (χ4n) is 1.47. The summed E-state index contributed by atoms with van der Waals surface area (Å²) < 4.78 is 0. The lowest BCUT2D eigenvalue weighted by molar-refractivity contribution is -0.142. The normalized spacial score (nSPS) is 24.7. The SMILES string of the molecule is CC1CCN(C(C)C(=O)NO)C1=O. The first-order chi connectivity index (χ1) is 6.07. The van der Waals surface area contributed by atoms with Crippen LogP contribution in [-0.4, -0.2) is 34.5 Å². The van der Waals surface area contributed by atoms with Gasteiger partial charge in [-0.25, -0.2) is 5.48 Å². The fourth-order valence-corrected chi connectivity index (χ4v) is 1.47. The maximum absolute atomic E-state index is 11.4. The van der Waals surface area contributed by atoms with Gasteiger partial charge in [0.05, 0.1) is 0 Å². The Labute approximate surface area is 76.7 Å². The Morgan fingerprint density at radius 1 is 1.77 bits per heavy atom. The van der Waals surface area contributed by atoms with Crippen molar-refractivity contribution in [3.05, 3.63) is 0 Å². The van der Waals surface area contributed by atoms with Crippen molar-refractivity contribution in [2.75, 3.05) is 6.54 Å². The molecule has 1 saturated heterocycles. The lowest BCUT2D eigenvalue weighted by atomic mass is 10.1. The molecule has 5 heteroatoms. The van der Waals surface area contributed by atoms with Crippen LogP contribution in [0.2, 0.25) is 0 Å². The number of rotatable bonds is 2. The van der Waals surface area contributed by atoms with E-state index in [9.17, 15) is 9.59 Å². The van der Waals surface area contributed by atoms with Crippen LogP contribution < -0.4 is 5.48 Å². The summed E-state index contributed by atoms with van der Waals surface area (Å²) in [6.07, 6.45) is 0.780. The Kier molecular flexibility index (Phi) is 2.87. The summed E-state index contributed by atoms with van der Waals surface area (Å²) in [5.74, 6) is -0.563. The number of carbonyl (C=O) groups is 2. The number of hydrogen-bond donors (Lipinski definition) is 2. The Bertz CT molecular complexity index is 229. The fraction of sp³-hybridized carbons (Fsp3) is 0.750. The van der Waals surface area contributed by atoms with Gasteiger partial charge in [0.15, 0.2) is 0 Å². The Hall–Kier alpha value is -1.10. The Morgan fingerprint density at radius 2 is 2.38 bits per heavy atom. The molecule has 1 rings (SSSR count). The van der Waals surface area contributed by atoms with Gasteiger partial charge in [0.1, 0.15) is 6.04 Å². The van der Waals surface area contributed by atoms with Crippen LogP contribution >= 0.6 is 0 Å². The number of likely N-dealkylation sites (tertiary alicyclic amines) is 1. The summed E-state index contributed by atoms with van der Waals surface area (Å²) >= 11 is 0. The summed E-state index contributed by atoms with van der Waals surface area (Å²) in [4.78, 5) is 23.9. The van der Waals surface area contributed by atoms with Crippen molar-refractivity contribution < 1.29 is 14.8 Å². The number of hydrogen-bond acceptors (Lipinski definition) is 3. The molecule has 2 unspecified atom stereocenters. The molecule has 2 N–H and O–H groups in total. The van der Waals surface area contributed by atoms with Gasteiger partial charge in [-0.05, 0) is 13.3 Å². The smallest absolute Gasteiger partial charge is 0.265 e. The van der Waals surface area contributed by atoms with Crippen molar-refractivity contribution in [2.45, 2.75) is 26.3 Å². The van der Waals surface area contributed by atoms with E-state index in [0.717, 1.165) is 6.42 Å². The molecule has 2 amide bonds. The lowest BCUT2D eigenvalue weighted by Gasteiger charge is -2.22. The number of amides is 2. The van der Waals surface area contributed by atoms with Gasteiger partial charge in [-0.15, -0.1) is 0 Å². The molecule has 2 atom stereocenters. The molecular weight excluding hydrogens is 172 g/mol. The zero-order chi connectivity index (χ0) is 10.0. The third-order valence-corrected chi connectivity index (χ3v) is 2.46. The number of nitrogens with one attached hydrogen (secondary N) is 1. The molecule has 0 bridgehead atoms. The highest BCUT2D eigenvalue weighted by atomic mass is 16.5. The van der Waals surface area contributed by atoms with E-state index in [1.54, 1.807) is 12.4 Å². The van der Waals surface area contributed by atoms with E-state index in [4.69, 9.17) is 5.21 Å². The van der Waals surface area contributed by atoms with Crippen LogP contribution in [-0.2, 0) is 9.59 Å². The minimum absolute atomic E-state index is 0.00561. The largest absolute Gasteiger partial charge is 0.331 e. The molecular formula is C8H14N2O3. The van der Waals surface area contributed by atoms with E-state index in [1.807, 2.05) is 6.92 Å². The van der Waals surface area contributed by atoms with E-state index < -0.39 is 11.9 Å². The first kappa shape index (κ1) is 9.98. The Morgan fingerprint density at radius 3 is 2.77 bits per heavy atom. The summed E-state index contributed by atoms with van der Waals surface area (Å²) in [7, 11) is 0. The second kappa shape index (κ2) is 3.74. The van der Waals surface area contributed by atoms with Gasteiger partial charge in [0.25, 0.3) is 5.91 Å². The molecule has 1 heterocycles. The van der Waals surface area contributed by atoms with Crippen LogP contribution in [0.1, 0.15) is 20.3 Å². The third kappa shape index (κ3) is 1.80. The molecule has 0 aliphatic carbocycles. The lowest BCUT2D eigenvalue weighted by Crippen LogP contribution is -2.45. The molecule has 0 spiro atoms. The van der Waals surface area contributed by atoms with Crippen molar-refractivity contribution in [3.8, 4) is 0 Å². The van der Waals surface area contributed by atoms with Crippen LogP contribution in [0.5, 0.6) is 0 Å². The van der Waals surface area contributed by atoms with Crippen LogP contribution in [0, 0.1) is 5.92 Å². The summed E-state index contributed by atoms with van der Waals surface area (Å²) in [6, 6.07) is -0.581. The zero-order valence-electron chi connectivity index (χ0n) is 7.78. The zero-order valence-corrected chi connectivity index (χ0v) is 7.78. The van der Waals surface area contributed by atoms with Gasteiger partial charge in [-0.1, -0.05) is 6.92 Å². The van der Waals surface area contributed by atoms with E-state index in [2.05, 4.69) is 0 Å². The second-order valence-electron chi connectivity index (χ2n) is 3.37. The summed E-state index contributed by atoms with van der Waals surface area (Å²) in [6.45, 7) is 4.03. The number of carbonyl (C=O) groups excluding carboxylic acids is 2. The van der Waals surface area contributed by atoms with Crippen LogP contribution in [0.15, 0.2) is 0 Å². The van der Waals surface area contributed by atoms with Gasteiger partial charge in [0, 0.05) is 12.5 Å². The van der Waals surface area contributed by atoms with Gasteiger partial charge in [-0.2, -0.15) is 0 Å². The average Bonchev–Trinajstić information content (AvgIpc) is 2.45. The van der Waals surface area contributed by atoms with Gasteiger partial charge in [-0.3, -0.25) is 14.8 Å². The average molecular weight is 186 g/mol. The van der Waals surface area contributed by atoms with Crippen molar-refractivity contribution in [1.82, 2.24) is 10.4 Å². The standard InChI is InChI=1S/C8H14N2O3/c1-5-3-4-10(8(5)12)6(2)7(11)9-13/h5-6,13H,3-4H2,1-2H3,(H,9,11). The molecule has 13 heavy (non-hydrogen) atoms. The van der Waals surface area contributed by atoms with E-state index >= 15 is 0 Å². The number of nitrogens with zero attached hydrogens (tertiary/aromatic N) is 1. The van der Waals surface area contributed by atoms with Crippen LogP contribution in [0.25, 0.3) is 0 Å². The summed E-state index contributed by atoms with van der Waals surface area (Å²) in [5, 5.41) is 8.38. The van der Waals surface area contributed by atoms with Gasteiger partial charge < -0.3 is 4.90 Å². The maximum atomic E-state index is 11.4. The van der Waals surface area contributed by atoms with Crippen LogP contribution in [0.3, 0.4) is 0 Å². The third-order valence-electron chi connectivity index (χ3n) is 2.46. The maximum Gasteiger partial charge on any atom is 0.265 e.